The van der Waals surface area contributed by atoms with Gasteiger partial charge in [0.05, 0.1) is 5.58 Å². The van der Waals surface area contributed by atoms with Crippen LogP contribution in [0, 0.1) is 23.5 Å². The first-order valence-corrected chi connectivity index (χ1v) is 26.7. The van der Waals surface area contributed by atoms with Crippen molar-refractivity contribution in [1.82, 2.24) is 9.97 Å². The molecule has 0 aliphatic heterocycles. The number of hydrogen-bond donors (Lipinski definition) is 0. The van der Waals surface area contributed by atoms with Gasteiger partial charge in [0.25, 0.3) is 0 Å². The van der Waals surface area contributed by atoms with Crippen LogP contribution in [0.2, 0.25) is 17.3 Å². The molecule has 0 atom stereocenters. The Kier molecular flexibility index (Phi) is 13.2. The number of pyridine rings is 2. The molecule has 0 aliphatic rings. The number of rotatable bonds is 7. The summed E-state index contributed by atoms with van der Waals surface area (Å²) >= 11 is -1.95. The van der Waals surface area contributed by atoms with Crippen LogP contribution in [0.1, 0.15) is 72.1 Å². The van der Waals surface area contributed by atoms with Crippen LogP contribution >= 0.6 is 0 Å². The smallest absolute Gasteiger partial charge is 0.121 e. The van der Waals surface area contributed by atoms with Crippen molar-refractivity contribution in [2.24, 2.45) is 11.3 Å². The quantitative estimate of drug-likeness (QED) is 0.118. The SMILES string of the molecule is CC(C)(C)Cc1cc(-c2[c-]ccc(C(C)(C)C)c2)nc[c]1[Ge]([CH3])([CH3])[CH3].CC(C)Cc1ccnc(-c2[c-]ccc3c2oc2cc(-c4ccccc4)ccc23)c1.[Ir]. The van der Waals surface area contributed by atoms with Gasteiger partial charge in [-0.1, -0.05) is 78.9 Å². The standard InChI is InChI=1S/C27H22NO.C23H34GeN.Ir/c1-18(2)15-19-13-14-28-25(16-19)24-10-6-9-23-22-12-11-21(17-26(22)29-27(23)24)20-7-4-3-5-8-20;1-22(2,3)15-18-14-21(25-16-20(18)24(7,8)9)17-11-10-12-19(13-17)23(4,5)6;/h3-9,11-14,16-18H,15H2,1-2H3;10,12-14,16H,15H2,1-9H3;/q2*-1;. The number of aromatic nitrogens is 2. The van der Waals surface area contributed by atoms with Crippen LogP contribution in [-0.4, -0.2) is 23.2 Å². The molecule has 0 fully saturated rings. The van der Waals surface area contributed by atoms with E-state index in [1.165, 1.54) is 26.6 Å². The molecule has 0 N–H and O–H groups in total. The van der Waals surface area contributed by atoms with E-state index in [0.29, 0.717) is 5.92 Å². The Morgan fingerprint density at radius 2 is 1.45 bits per heavy atom. The van der Waals surface area contributed by atoms with Gasteiger partial charge in [-0.2, -0.15) is 0 Å². The van der Waals surface area contributed by atoms with E-state index < -0.39 is 13.3 Å². The Morgan fingerprint density at radius 1 is 0.727 bits per heavy atom. The molecule has 0 bridgehead atoms. The molecule has 287 valence electrons. The zero-order valence-electron chi connectivity index (χ0n) is 34.5. The van der Waals surface area contributed by atoms with E-state index in [9.17, 15) is 0 Å². The molecule has 3 aromatic heterocycles. The molecule has 0 spiro atoms. The monoisotopic (exact) mass is 967 g/mol. The van der Waals surface area contributed by atoms with E-state index in [1.54, 1.807) is 0 Å². The van der Waals surface area contributed by atoms with Gasteiger partial charge < -0.3 is 9.40 Å². The van der Waals surface area contributed by atoms with Gasteiger partial charge in [0.15, 0.2) is 0 Å². The summed E-state index contributed by atoms with van der Waals surface area (Å²) < 4.78 is 7.88. The zero-order valence-corrected chi connectivity index (χ0v) is 39.0. The summed E-state index contributed by atoms with van der Waals surface area (Å²) in [6.07, 6.45) is 6.18. The maximum Gasteiger partial charge on any atom is 0.121 e. The molecular formula is C50H56GeIrN2O-2. The predicted molar refractivity (Wildman–Crippen MR) is 233 cm³/mol. The van der Waals surface area contributed by atoms with Crippen molar-refractivity contribution >= 4 is 39.6 Å². The third-order valence-corrected chi connectivity index (χ3v) is 14.1. The Balaban J connectivity index is 0.000000210. The average Bonchev–Trinajstić information content (AvgIpc) is 3.49. The van der Waals surface area contributed by atoms with Crippen LogP contribution in [0.25, 0.3) is 55.6 Å². The number of hydrogen-bond acceptors (Lipinski definition) is 3. The van der Waals surface area contributed by atoms with Crippen molar-refractivity contribution in [2.75, 3.05) is 0 Å². The van der Waals surface area contributed by atoms with Crippen molar-refractivity contribution in [3.8, 4) is 33.6 Å². The molecule has 0 amide bonds. The molecular weight excluding hydrogens is 909 g/mol. The van der Waals surface area contributed by atoms with Crippen LogP contribution in [0.3, 0.4) is 0 Å². The summed E-state index contributed by atoms with van der Waals surface area (Å²) in [6.45, 7) is 18.2. The molecule has 0 saturated carbocycles. The Bertz CT molecular complexity index is 2370. The molecule has 0 aliphatic carbocycles. The fraction of sp³-hybridized carbons (Fsp3) is 0.320. The molecule has 1 radical (unpaired) electrons. The van der Waals surface area contributed by atoms with Gasteiger partial charge in [0.2, 0.25) is 0 Å². The van der Waals surface area contributed by atoms with Gasteiger partial charge in [-0.05, 0) is 41.3 Å². The summed E-state index contributed by atoms with van der Waals surface area (Å²) in [7, 11) is 0. The Morgan fingerprint density at radius 3 is 2.13 bits per heavy atom. The summed E-state index contributed by atoms with van der Waals surface area (Å²) in [5, 5.41) is 2.22. The van der Waals surface area contributed by atoms with Crippen molar-refractivity contribution in [1.29, 1.82) is 0 Å². The molecule has 55 heavy (non-hydrogen) atoms. The Hall–Kier alpha value is -3.83. The maximum absolute atomic E-state index is 6.35. The molecule has 3 nitrogen and oxygen atoms in total. The summed E-state index contributed by atoms with van der Waals surface area (Å²) in [5.41, 5.74) is 12.6. The van der Waals surface area contributed by atoms with E-state index in [0.717, 1.165) is 62.9 Å². The van der Waals surface area contributed by atoms with Crippen LogP contribution in [-0.2, 0) is 38.4 Å². The first-order chi connectivity index (χ1) is 25.5. The minimum absolute atomic E-state index is 0. The molecule has 4 aromatic carbocycles. The molecule has 5 heteroatoms. The zero-order chi connectivity index (χ0) is 38.8. The van der Waals surface area contributed by atoms with Crippen LogP contribution < -0.4 is 4.40 Å². The third-order valence-electron chi connectivity index (χ3n) is 9.73. The van der Waals surface area contributed by atoms with Gasteiger partial charge in [-0.3, -0.25) is 0 Å². The summed E-state index contributed by atoms with van der Waals surface area (Å²) in [4.78, 5) is 9.46. The third kappa shape index (κ3) is 10.5. The number of furan rings is 1. The van der Waals surface area contributed by atoms with E-state index in [2.05, 4.69) is 175 Å². The van der Waals surface area contributed by atoms with E-state index in [-0.39, 0.29) is 30.9 Å². The molecule has 7 rings (SSSR count). The summed E-state index contributed by atoms with van der Waals surface area (Å²) in [5.74, 6) is 7.96. The van der Waals surface area contributed by atoms with Crippen molar-refractivity contribution in [3.63, 3.8) is 0 Å². The van der Waals surface area contributed by atoms with Crippen molar-refractivity contribution in [3.05, 3.63) is 138 Å². The van der Waals surface area contributed by atoms with Gasteiger partial charge in [0.1, 0.15) is 5.58 Å². The normalized spacial score (nSPS) is 12.1. The van der Waals surface area contributed by atoms with Crippen LogP contribution in [0.15, 0.2) is 114 Å². The van der Waals surface area contributed by atoms with E-state index in [1.807, 2.05) is 24.4 Å². The molecule has 0 saturated heterocycles. The van der Waals surface area contributed by atoms with Crippen LogP contribution in [0.4, 0.5) is 0 Å². The first kappa shape index (κ1) is 42.3. The number of benzene rings is 4. The largest absolute Gasteiger partial charge is 0.501 e. The molecule has 7 aromatic rings. The van der Waals surface area contributed by atoms with Crippen LogP contribution in [0.5, 0.6) is 0 Å². The molecule has 0 unspecified atom stereocenters. The van der Waals surface area contributed by atoms with Crippen molar-refractivity contribution < 1.29 is 24.5 Å². The van der Waals surface area contributed by atoms with Gasteiger partial charge >= 0.3 is 158 Å². The minimum Gasteiger partial charge on any atom is -0.501 e. The second-order valence-electron chi connectivity index (χ2n) is 18.4. The molecule has 3 heterocycles. The Labute approximate surface area is 346 Å². The first-order valence-electron chi connectivity index (χ1n) is 19.4. The fourth-order valence-electron chi connectivity index (χ4n) is 7.07. The van der Waals surface area contributed by atoms with E-state index in [4.69, 9.17) is 9.40 Å². The number of nitrogens with zero attached hydrogens (tertiary/aromatic N) is 2. The topological polar surface area (TPSA) is 38.9 Å². The van der Waals surface area contributed by atoms with Gasteiger partial charge in [0, 0.05) is 31.7 Å². The predicted octanol–water partition coefficient (Wildman–Crippen LogP) is 13.3. The fourth-order valence-corrected chi connectivity index (χ4v) is 10.4. The minimum atomic E-state index is -1.95. The van der Waals surface area contributed by atoms with E-state index >= 15 is 0 Å². The second kappa shape index (κ2) is 17.1. The summed E-state index contributed by atoms with van der Waals surface area (Å²) in [6, 6.07) is 40.6. The second-order valence-corrected chi connectivity index (χ2v) is 28.9. The van der Waals surface area contributed by atoms with Crippen molar-refractivity contribution in [2.45, 2.75) is 90.9 Å². The maximum atomic E-state index is 6.35. The number of fused-ring (bicyclic) bond motifs is 3. The average molecular weight is 966 g/mol. The van der Waals surface area contributed by atoms with Gasteiger partial charge in [-0.25, -0.2) is 0 Å². The van der Waals surface area contributed by atoms with Gasteiger partial charge in [-0.15, -0.1) is 18.2 Å².